The number of esters is 1. The van der Waals surface area contributed by atoms with Gasteiger partial charge in [-0.05, 0) is 39.0 Å². The number of anilines is 1. The number of aromatic nitrogens is 1. The van der Waals surface area contributed by atoms with Crippen molar-refractivity contribution in [3.8, 4) is 0 Å². The van der Waals surface area contributed by atoms with Crippen LogP contribution in [0, 0.1) is 0 Å². The zero-order valence-electron chi connectivity index (χ0n) is 14.1. The van der Waals surface area contributed by atoms with Gasteiger partial charge in [-0.25, -0.2) is 4.79 Å². The highest BCUT2D eigenvalue weighted by Gasteiger charge is 2.21. The van der Waals surface area contributed by atoms with Gasteiger partial charge in [0.1, 0.15) is 5.69 Å². The smallest absolute Gasteiger partial charge is 0.355 e. The van der Waals surface area contributed by atoms with Crippen LogP contribution in [0.2, 0.25) is 0 Å². The Kier molecular flexibility index (Phi) is 5.49. The van der Waals surface area contributed by atoms with Crippen LogP contribution >= 0.6 is 0 Å². The van der Waals surface area contributed by atoms with Crippen LogP contribution in [-0.2, 0) is 9.53 Å². The lowest BCUT2D eigenvalue weighted by Gasteiger charge is -2.14. The minimum atomic E-state index is -1.09. The first-order valence-corrected chi connectivity index (χ1v) is 7.60. The van der Waals surface area contributed by atoms with E-state index >= 15 is 0 Å². The minimum Gasteiger partial charge on any atom is -0.448 e. The summed E-state index contributed by atoms with van der Waals surface area (Å²) in [4.78, 5) is 49.7. The lowest BCUT2D eigenvalue weighted by atomic mass is 10.1. The van der Waals surface area contributed by atoms with Gasteiger partial charge in [-0.1, -0.05) is 12.1 Å². The first-order chi connectivity index (χ1) is 11.8. The van der Waals surface area contributed by atoms with Gasteiger partial charge < -0.3 is 15.0 Å². The van der Waals surface area contributed by atoms with Gasteiger partial charge in [0.15, 0.2) is 17.7 Å². The van der Waals surface area contributed by atoms with Gasteiger partial charge in [0, 0.05) is 17.3 Å². The maximum atomic E-state index is 12.2. The van der Waals surface area contributed by atoms with Crippen molar-refractivity contribution in [3.05, 3.63) is 53.3 Å². The molecule has 2 aromatic rings. The Morgan fingerprint density at radius 1 is 1.08 bits per heavy atom. The Morgan fingerprint density at radius 3 is 2.36 bits per heavy atom. The Hall–Kier alpha value is -3.22. The Morgan fingerprint density at radius 2 is 1.76 bits per heavy atom. The Balaban J connectivity index is 2.04. The van der Waals surface area contributed by atoms with Crippen LogP contribution in [0.4, 0.5) is 5.69 Å². The van der Waals surface area contributed by atoms with E-state index in [0.29, 0.717) is 16.8 Å². The fraction of sp³-hybridized carbons (Fsp3) is 0.222. The predicted molar refractivity (Wildman–Crippen MR) is 90.8 cm³/mol. The number of para-hydroxylation sites is 1. The molecule has 0 bridgehead atoms. The number of amides is 1. The first-order valence-electron chi connectivity index (χ1n) is 7.60. The minimum absolute atomic E-state index is 0.0778. The second-order valence-electron chi connectivity index (χ2n) is 5.50. The first kappa shape index (κ1) is 18.1. The molecule has 7 heteroatoms. The van der Waals surface area contributed by atoms with E-state index in [2.05, 4.69) is 10.3 Å². The quantitative estimate of drug-likeness (QED) is 0.620. The summed E-state index contributed by atoms with van der Waals surface area (Å²) in [5.74, 6) is -1.71. The van der Waals surface area contributed by atoms with E-state index in [1.165, 1.54) is 33.0 Å². The van der Waals surface area contributed by atoms with Crippen molar-refractivity contribution in [2.45, 2.75) is 26.9 Å². The molecule has 130 valence electrons. The number of ether oxygens (including phenoxy) is 1. The molecular formula is C18H18N2O5. The number of benzene rings is 1. The SMILES string of the molecule is CC(=O)c1c[nH]c(C(=O)O[C@@H](C)C(=O)Nc2ccccc2C(C)=O)c1. The molecule has 1 atom stereocenters. The van der Waals surface area contributed by atoms with Crippen LogP contribution in [-0.4, -0.2) is 34.5 Å². The maximum Gasteiger partial charge on any atom is 0.355 e. The average Bonchev–Trinajstić information content (AvgIpc) is 3.05. The van der Waals surface area contributed by atoms with E-state index in [0.717, 1.165) is 0 Å². The van der Waals surface area contributed by atoms with Crippen LogP contribution < -0.4 is 5.32 Å². The number of carbonyl (C=O) groups is 4. The van der Waals surface area contributed by atoms with Crippen LogP contribution in [0.3, 0.4) is 0 Å². The molecule has 2 rings (SSSR count). The molecule has 25 heavy (non-hydrogen) atoms. The normalized spacial score (nSPS) is 11.5. The summed E-state index contributed by atoms with van der Waals surface area (Å²) in [6.07, 6.45) is 0.309. The van der Waals surface area contributed by atoms with Crippen LogP contribution in [0.1, 0.15) is 52.0 Å². The topological polar surface area (TPSA) is 105 Å². The second kappa shape index (κ2) is 7.57. The zero-order valence-corrected chi connectivity index (χ0v) is 14.1. The highest BCUT2D eigenvalue weighted by molar-refractivity contribution is 6.05. The van der Waals surface area contributed by atoms with Crippen molar-refractivity contribution in [2.24, 2.45) is 0 Å². The molecule has 0 saturated carbocycles. The maximum absolute atomic E-state index is 12.2. The van der Waals surface area contributed by atoms with Crippen molar-refractivity contribution in [1.29, 1.82) is 0 Å². The monoisotopic (exact) mass is 342 g/mol. The van der Waals surface area contributed by atoms with Crippen molar-refractivity contribution < 1.29 is 23.9 Å². The van der Waals surface area contributed by atoms with Gasteiger partial charge >= 0.3 is 5.97 Å². The second-order valence-corrected chi connectivity index (χ2v) is 5.50. The van der Waals surface area contributed by atoms with E-state index in [1.54, 1.807) is 24.3 Å². The standard InChI is InChI=1S/C18H18N2O5/c1-10(21)13-8-16(19-9-13)18(24)25-12(3)17(23)20-15-7-5-4-6-14(15)11(2)22/h4-9,12,19H,1-3H3,(H,20,23)/t12-/m0/s1. The Bertz CT molecular complexity index is 837. The summed E-state index contributed by atoms with van der Waals surface area (Å²) >= 11 is 0. The van der Waals surface area contributed by atoms with E-state index in [1.807, 2.05) is 0 Å². The number of carbonyl (C=O) groups excluding carboxylic acids is 4. The summed E-state index contributed by atoms with van der Waals surface area (Å²) in [5, 5.41) is 2.57. The van der Waals surface area contributed by atoms with Gasteiger partial charge in [-0.3, -0.25) is 14.4 Å². The molecule has 0 spiro atoms. The highest BCUT2D eigenvalue weighted by Crippen LogP contribution is 2.16. The third-order valence-electron chi connectivity index (χ3n) is 3.53. The lowest BCUT2D eigenvalue weighted by Crippen LogP contribution is -2.30. The van der Waals surface area contributed by atoms with Crippen LogP contribution in [0.25, 0.3) is 0 Å². The fourth-order valence-corrected chi connectivity index (χ4v) is 2.13. The number of Topliss-reactive ketones (excluding diaryl/α,β-unsaturated/α-hetero) is 2. The van der Waals surface area contributed by atoms with Crippen molar-refractivity contribution in [3.63, 3.8) is 0 Å². The summed E-state index contributed by atoms with van der Waals surface area (Å²) in [5.41, 5.74) is 1.14. The molecular weight excluding hydrogens is 324 g/mol. The molecule has 1 aromatic carbocycles. The molecule has 0 unspecified atom stereocenters. The molecule has 1 amide bonds. The Labute approximate surface area is 144 Å². The van der Waals surface area contributed by atoms with Crippen LogP contribution in [0.5, 0.6) is 0 Å². The fourth-order valence-electron chi connectivity index (χ4n) is 2.13. The van der Waals surface area contributed by atoms with E-state index in [-0.39, 0.29) is 17.3 Å². The number of hydrogen-bond acceptors (Lipinski definition) is 5. The third-order valence-corrected chi connectivity index (χ3v) is 3.53. The van der Waals surface area contributed by atoms with Gasteiger partial charge in [-0.15, -0.1) is 0 Å². The molecule has 0 radical (unpaired) electrons. The van der Waals surface area contributed by atoms with E-state index in [4.69, 9.17) is 4.74 Å². The van der Waals surface area contributed by atoms with Crippen molar-refractivity contribution >= 4 is 29.1 Å². The number of H-pyrrole nitrogens is 1. The molecule has 1 aromatic heterocycles. The summed E-state index contributed by atoms with van der Waals surface area (Å²) < 4.78 is 5.09. The molecule has 0 aliphatic carbocycles. The van der Waals surface area contributed by atoms with Crippen molar-refractivity contribution in [1.82, 2.24) is 4.98 Å². The van der Waals surface area contributed by atoms with E-state index < -0.39 is 18.0 Å². The summed E-state index contributed by atoms with van der Waals surface area (Å²) in [7, 11) is 0. The molecule has 1 heterocycles. The number of hydrogen-bond donors (Lipinski definition) is 2. The number of aromatic amines is 1. The van der Waals surface area contributed by atoms with Gasteiger partial charge in [0.05, 0.1) is 5.69 Å². The van der Waals surface area contributed by atoms with Gasteiger partial charge in [0.2, 0.25) is 0 Å². The van der Waals surface area contributed by atoms with Gasteiger partial charge in [0.25, 0.3) is 5.91 Å². The zero-order chi connectivity index (χ0) is 18.6. The van der Waals surface area contributed by atoms with Crippen molar-refractivity contribution in [2.75, 3.05) is 5.32 Å². The molecule has 2 N–H and O–H groups in total. The summed E-state index contributed by atoms with van der Waals surface area (Å²) in [6.45, 7) is 4.19. The summed E-state index contributed by atoms with van der Waals surface area (Å²) in [6, 6.07) is 7.92. The molecule has 0 saturated heterocycles. The van der Waals surface area contributed by atoms with Crippen LogP contribution in [0.15, 0.2) is 36.5 Å². The third kappa shape index (κ3) is 4.41. The van der Waals surface area contributed by atoms with Gasteiger partial charge in [-0.2, -0.15) is 0 Å². The molecule has 0 aliphatic rings. The van der Waals surface area contributed by atoms with E-state index in [9.17, 15) is 19.2 Å². The average molecular weight is 342 g/mol. The molecule has 0 aliphatic heterocycles. The largest absolute Gasteiger partial charge is 0.448 e. The number of rotatable bonds is 6. The lowest BCUT2D eigenvalue weighted by molar-refractivity contribution is -0.123. The number of ketones is 2. The molecule has 0 fully saturated rings. The highest BCUT2D eigenvalue weighted by atomic mass is 16.5. The number of nitrogens with one attached hydrogen (secondary N) is 2. The molecule has 7 nitrogen and oxygen atoms in total. The predicted octanol–water partition coefficient (Wildman–Crippen LogP) is 2.60.